The van der Waals surface area contributed by atoms with Gasteiger partial charge in [0.2, 0.25) is 0 Å². The minimum Gasteiger partial charge on any atom is -0.350 e. The standard InChI is InChI=1S/C35H32ClN3O3/c1-2-3-11-25-18-20-30(21-19-25)39-34(41)31(36)32(35(39)42)37-29-17-10-16-28(22-29)33(40)38(23-26-12-6-4-7-13-26)24-27-14-8-5-9-15-27/h4-10,12-22,37H,2-3,11,23-24H2,1H3. The number of benzene rings is 4. The first-order valence-electron chi connectivity index (χ1n) is 14.1. The average Bonchev–Trinajstić information content (AvgIpc) is 3.23. The van der Waals surface area contributed by atoms with E-state index in [9.17, 15) is 14.4 Å². The Morgan fingerprint density at radius 2 is 1.38 bits per heavy atom. The fourth-order valence-corrected chi connectivity index (χ4v) is 5.12. The fourth-order valence-electron chi connectivity index (χ4n) is 4.90. The summed E-state index contributed by atoms with van der Waals surface area (Å²) in [6.07, 6.45) is 3.10. The molecule has 0 aliphatic carbocycles. The molecular weight excluding hydrogens is 546 g/mol. The second kappa shape index (κ2) is 13.3. The number of anilines is 2. The van der Waals surface area contributed by atoms with Crippen LogP contribution in [0.1, 0.15) is 46.8 Å². The minimum atomic E-state index is -0.588. The molecule has 212 valence electrons. The van der Waals surface area contributed by atoms with Crippen molar-refractivity contribution in [2.75, 3.05) is 10.2 Å². The van der Waals surface area contributed by atoms with Gasteiger partial charge in [-0.15, -0.1) is 0 Å². The Bertz CT molecular complexity index is 1560. The molecule has 0 bridgehead atoms. The SMILES string of the molecule is CCCCc1ccc(N2C(=O)C(Cl)=C(Nc3cccc(C(=O)N(Cc4ccccc4)Cc4ccccc4)c3)C2=O)cc1. The highest BCUT2D eigenvalue weighted by Crippen LogP contribution is 2.31. The molecule has 0 aromatic heterocycles. The number of carbonyl (C=O) groups excluding carboxylic acids is 3. The molecule has 6 nitrogen and oxygen atoms in total. The van der Waals surface area contributed by atoms with Crippen molar-refractivity contribution in [1.29, 1.82) is 0 Å². The maximum absolute atomic E-state index is 13.8. The number of nitrogens with zero attached hydrogens (tertiary/aromatic N) is 2. The van der Waals surface area contributed by atoms with Gasteiger partial charge >= 0.3 is 0 Å². The molecule has 4 aromatic rings. The van der Waals surface area contributed by atoms with E-state index in [1.165, 1.54) is 0 Å². The normalized spacial score (nSPS) is 13.0. The van der Waals surface area contributed by atoms with Crippen molar-refractivity contribution in [2.45, 2.75) is 39.3 Å². The average molecular weight is 578 g/mol. The highest BCUT2D eigenvalue weighted by atomic mass is 35.5. The number of imide groups is 1. The second-order valence-electron chi connectivity index (χ2n) is 10.2. The molecular formula is C35H32ClN3O3. The van der Waals surface area contributed by atoms with Crippen LogP contribution >= 0.6 is 11.6 Å². The van der Waals surface area contributed by atoms with Gasteiger partial charge in [0.1, 0.15) is 10.7 Å². The van der Waals surface area contributed by atoms with E-state index in [0.717, 1.165) is 40.9 Å². The summed E-state index contributed by atoms with van der Waals surface area (Å²) < 4.78 is 0. The minimum absolute atomic E-state index is 0.0215. The van der Waals surface area contributed by atoms with Crippen molar-refractivity contribution in [1.82, 2.24) is 4.90 Å². The van der Waals surface area contributed by atoms with Crippen LogP contribution in [0.3, 0.4) is 0 Å². The largest absolute Gasteiger partial charge is 0.350 e. The van der Waals surface area contributed by atoms with Crippen LogP contribution in [0, 0.1) is 0 Å². The van der Waals surface area contributed by atoms with E-state index in [2.05, 4.69) is 12.2 Å². The smallest absolute Gasteiger partial charge is 0.283 e. The number of unbranched alkanes of at least 4 members (excludes halogenated alkanes) is 1. The Kier molecular flexibility index (Phi) is 9.15. The van der Waals surface area contributed by atoms with Gasteiger partial charge in [-0.25, -0.2) is 4.90 Å². The monoisotopic (exact) mass is 577 g/mol. The van der Waals surface area contributed by atoms with Gasteiger partial charge in [-0.3, -0.25) is 14.4 Å². The van der Waals surface area contributed by atoms with Crippen LogP contribution in [0.15, 0.2) is 120 Å². The lowest BCUT2D eigenvalue weighted by Gasteiger charge is -2.23. The number of rotatable bonds is 11. The van der Waals surface area contributed by atoms with E-state index in [0.29, 0.717) is 30.0 Å². The molecule has 1 N–H and O–H groups in total. The molecule has 0 saturated carbocycles. The number of aryl methyl sites for hydroxylation is 1. The molecule has 0 spiro atoms. The third-order valence-corrected chi connectivity index (χ3v) is 7.49. The van der Waals surface area contributed by atoms with E-state index in [1.54, 1.807) is 41.3 Å². The molecule has 5 rings (SSSR count). The van der Waals surface area contributed by atoms with Crippen molar-refractivity contribution < 1.29 is 14.4 Å². The number of amides is 3. The summed E-state index contributed by atoms with van der Waals surface area (Å²) in [5.41, 5.74) is 4.54. The predicted molar refractivity (Wildman–Crippen MR) is 167 cm³/mol. The van der Waals surface area contributed by atoms with Crippen LogP contribution in [-0.4, -0.2) is 22.6 Å². The number of hydrogen-bond donors (Lipinski definition) is 1. The van der Waals surface area contributed by atoms with Crippen LogP contribution in [0.25, 0.3) is 0 Å². The number of nitrogens with one attached hydrogen (secondary N) is 1. The van der Waals surface area contributed by atoms with Gasteiger partial charge < -0.3 is 10.2 Å². The molecule has 1 aliphatic rings. The second-order valence-corrected chi connectivity index (χ2v) is 10.6. The first-order chi connectivity index (χ1) is 20.4. The molecule has 0 fully saturated rings. The summed E-state index contributed by atoms with van der Waals surface area (Å²) in [5, 5.41) is 2.82. The maximum atomic E-state index is 13.8. The summed E-state index contributed by atoms with van der Waals surface area (Å²) in [5.74, 6) is -1.29. The molecule has 0 radical (unpaired) electrons. The lowest BCUT2D eigenvalue weighted by molar-refractivity contribution is -0.120. The summed E-state index contributed by atoms with van der Waals surface area (Å²) in [7, 11) is 0. The molecule has 0 saturated heterocycles. The third kappa shape index (κ3) is 6.61. The van der Waals surface area contributed by atoms with E-state index in [1.807, 2.05) is 72.8 Å². The van der Waals surface area contributed by atoms with Crippen LogP contribution in [-0.2, 0) is 29.1 Å². The molecule has 4 aromatic carbocycles. The van der Waals surface area contributed by atoms with Gasteiger partial charge in [0, 0.05) is 24.3 Å². The van der Waals surface area contributed by atoms with Crippen molar-refractivity contribution >= 4 is 40.7 Å². The van der Waals surface area contributed by atoms with Crippen LogP contribution in [0.2, 0.25) is 0 Å². The number of hydrogen-bond acceptors (Lipinski definition) is 4. The van der Waals surface area contributed by atoms with Gasteiger partial charge in [-0.1, -0.05) is 104 Å². The zero-order chi connectivity index (χ0) is 29.5. The third-order valence-electron chi connectivity index (χ3n) is 7.14. The zero-order valence-electron chi connectivity index (χ0n) is 23.4. The van der Waals surface area contributed by atoms with E-state index >= 15 is 0 Å². The first kappa shape index (κ1) is 28.8. The quantitative estimate of drug-likeness (QED) is 0.190. The fraction of sp³-hybridized carbons (Fsp3) is 0.171. The van der Waals surface area contributed by atoms with Crippen LogP contribution < -0.4 is 10.2 Å². The van der Waals surface area contributed by atoms with Gasteiger partial charge in [0.05, 0.1) is 5.69 Å². The van der Waals surface area contributed by atoms with E-state index in [-0.39, 0.29) is 16.6 Å². The highest BCUT2D eigenvalue weighted by molar-refractivity contribution is 6.53. The van der Waals surface area contributed by atoms with Crippen molar-refractivity contribution in [3.05, 3.63) is 142 Å². The van der Waals surface area contributed by atoms with Gasteiger partial charge in [-0.05, 0) is 59.9 Å². The van der Waals surface area contributed by atoms with Crippen molar-refractivity contribution in [3.8, 4) is 0 Å². The molecule has 1 heterocycles. The molecule has 7 heteroatoms. The Morgan fingerprint density at radius 3 is 1.98 bits per heavy atom. The maximum Gasteiger partial charge on any atom is 0.283 e. The highest BCUT2D eigenvalue weighted by Gasteiger charge is 2.39. The van der Waals surface area contributed by atoms with Crippen molar-refractivity contribution in [2.24, 2.45) is 0 Å². The predicted octanol–water partition coefficient (Wildman–Crippen LogP) is 7.31. The van der Waals surface area contributed by atoms with Gasteiger partial charge in [0.25, 0.3) is 17.7 Å². The summed E-state index contributed by atoms with van der Waals surface area (Å²) in [6, 6.07) is 33.9. The molecule has 0 unspecified atom stereocenters. The summed E-state index contributed by atoms with van der Waals surface area (Å²) in [6.45, 7) is 3.00. The Hall–Kier alpha value is -4.68. The zero-order valence-corrected chi connectivity index (χ0v) is 24.2. The molecule has 1 aliphatic heterocycles. The molecule has 3 amide bonds. The lowest BCUT2D eigenvalue weighted by Crippen LogP contribution is -2.32. The lowest BCUT2D eigenvalue weighted by atomic mass is 10.1. The topological polar surface area (TPSA) is 69.7 Å². The van der Waals surface area contributed by atoms with Crippen LogP contribution in [0.4, 0.5) is 11.4 Å². The summed E-state index contributed by atoms with van der Waals surface area (Å²) in [4.78, 5) is 43.0. The Balaban J connectivity index is 1.35. The Labute approximate surface area is 251 Å². The van der Waals surface area contributed by atoms with E-state index in [4.69, 9.17) is 11.6 Å². The van der Waals surface area contributed by atoms with E-state index < -0.39 is 11.8 Å². The van der Waals surface area contributed by atoms with Crippen molar-refractivity contribution in [3.63, 3.8) is 0 Å². The van der Waals surface area contributed by atoms with Gasteiger partial charge in [0.15, 0.2) is 0 Å². The molecule has 42 heavy (non-hydrogen) atoms. The number of carbonyl (C=O) groups is 3. The Morgan fingerprint density at radius 1 is 0.762 bits per heavy atom. The molecule has 0 atom stereocenters. The summed E-state index contributed by atoms with van der Waals surface area (Å²) >= 11 is 6.38. The van der Waals surface area contributed by atoms with Crippen LogP contribution in [0.5, 0.6) is 0 Å². The number of halogens is 1. The first-order valence-corrected chi connectivity index (χ1v) is 14.4. The van der Waals surface area contributed by atoms with Gasteiger partial charge in [-0.2, -0.15) is 0 Å².